The molecule has 0 aliphatic heterocycles. The molecule has 0 saturated carbocycles. The van der Waals surface area contributed by atoms with Crippen LogP contribution in [0.4, 0.5) is 0 Å². The Morgan fingerprint density at radius 1 is 1.67 bits per heavy atom. The molecule has 0 amide bonds. The van der Waals surface area contributed by atoms with E-state index in [4.69, 9.17) is 0 Å². The molecular formula is C4H12NP. The fourth-order valence-electron chi connectivity index (χ4n) is 0.158. The van der Waals surface area contributed by atoms with Gasteiger partial charge in [-0.3, -0.25) is 4.67 Å². The summed E-state index contributed by atoms with van der Waals surface area (Å²) in [5, 5.41) is 0. The molecule has 0 aromatic heterocycles. The summed E-state index contributed by atoms with van der Waals surface area (Å²) >= 11 is 0. The summed E-state index contributed by atoms with van der Waals surface area (Å²) in [7, 11) is 3.09. The summed E-state index contributed by atoms with van der Waals surface area (Å²) < 4.78 is 2.28. The number of hydrogen-bond acceptors (Lipinski definition) is 1. The third-order valence-corrected chi connectivity index (χ3v) is 1.94. The number of hydrogen-bond donors (Lipinski definition) is 0. The predicted octanol–water partition coefficient (Wildman–Crippen LogP) is 1.16. The molecule has 0 rings (SSSR count). The maximum atomic E-state index is 2.28. The largest absolute Gasteiger partial charge is 0.288 e. The van der Waals surface area contributed by atoms with Gasteiger partial charge in [-0.1, -0.05) is 15.7 Å². The standard InChI is InChI=1S/C4H12NP/c1-4-5(2)6-3/h6H,4H2,1-3H3. The van der Waals surface area contributed by atoms with Crippen LogP contribution in [0.2, 0.25) is 0 Å². The Morgan fingerprint density at radius 2 is 2.17 bits per heavy atom. The third kappa shape index (κ3) is 2.62. The molecule has 0 aliphatic carbocycles. The predicted molar refractivity (Wildman–Crippen MR) is 32.5 cm³/mol. The van der Waals surface area contributed by atoms with Crippen LogP contribution in [0.5, 0.6) is 0 Å². The van der Waals surface area contributed by atoms with Crippen molar-refractivity contribution in [3.63, 3.8) is 0 Å². The van der Waals surface area contributed by atoms with Gasteiger partial charge in [0.05, 0.1) is 0 Å². The first-order valence-corrected chi connectivity index (χ1v) is 3.64. The van der Waals surface area contributed by atoms with Crippen LogP contribution < -0.4 is 0 Å². The summed E-state index contributed by atoms with van der Waals surface area (Å²) in [6, 6.07) is 0. The van der Waals surface area contributed by atoms with Gasteiger partial charge in [0.2, 0.25) is 0 Å². The van der Waals surface area contributed by atoms with Gasteiger partial charge in [0.25, 0.3) is 0 Å². The van der Waals surface area contributed by atoms with E-state index in [1.165, 1.54) is 6.54 Å². The number of nitrogens with zero attached hydrogens (tertiary/aromatic N) is 1. The second-order valence-electron chi connectivity index (χ2n) is 1.24. The highest BCUT2D eigenvalue weighted by atomic mass is 31.1. The molecule has 0 saturated heterocycles. The quantitative estimate of drug-likeness (QED) is 0.476. The van der Waals surface area contributed by atoms with Crippen molar-refractivity contribution in [3.05, 3.63) is 0 Å². The summed E-state index contributed by atoms with van der Waals surface area (Å²) in [6.07, 6.45) is 0. The van der Waals surface area contributed by atoms with Crippen molar-refractivity contribution in [1.82, 2.24) is 4.67 Å². The maximum absolute atomic E-state index is 2.28. The summed E-state index contributed by atoms with van der Waals surface area (Å²) in [6.45, 7) is 5.52. The molecule has 0 fully saturated rings. The van der Waals surface area contributed by atoms with Crippen molar-refractivity contribution in [2.45, 2.75) is 6.92 Å². The first kappa shape index (κ1) is 6.39. The van der Waals surface area contributed by atoms with Crippen LogP contribution in [-0.2, 0) is 0 Å². The topological polar surface area (TPSA) is 3.24 Å². The highest BCUT2D eigenvalue weighted by molar-refractivity contribution is 7.34. The van der Waals surface area contributed by atoms with Crippen molar-refractivity contribution in [3.8, 4) is 0 Å². The third-order valence-electron chi connectivity index (χ3n) is 0.856. The van der Waals surface area contributed by atoms with E-state index in [0.29, 0.717) is 0 Å². The summed E-state index contributed by atoms with van der Waals surface area (Å²) in [4.78, 5) is 0. The van der Waals surface area contributed by atoms with Crippen LogP contribution in [-0.4, -0.2) is 24.9 Å². The molecule has 0 heterocycles. The average Bonchev–Trinajstić information content (AvgIpc) is 1.65. The second-order valence-corrected chi connectivity index (χ2v) is 2.45. The van der Waals surface area contributed by atoms with Gasteiger partial charge in [0.15, 0.2) is 0 Å². The van der Waals surface area contributed by atoms with Crippen LogP contribution in [0.3, 0.4) is 0 Å². The van der Waals surface area contributed by atoms with E-state index in [1.807, 2.05) is 0 Å². The van der Waals surface area contributed by atoms with Crippen molar-refractivity contribution < 1.29 is 0 Å². The lowest BCUT2D eigenvalue weighted by atomic mass is 10.8. The van der Waals surface area contributed by atoms with Crippen molar-refractivity contribution >= 4 is 8.73 Å². The lowest BCUT2D eigenvalue weighted by molar-refractivity contribution is 0.595. The Morgan fingerprint density at radius 3 is 2.17 bits per heavy atom. The fraction of sp³-hybridized carbons (Fsp3) is 1.00. The molecule has 0 spiro atoms. The van der Waals surface area contributed by atoms with Crippen LogP contribution in [0.25, 0.3) is 0 Å². The average molecular weight is 105 g/mol. The van der Waals surface area contributed by atoms with Crippen LogP contribution in [0, 0.1) is 0 Å². The van der Waals surface area contributed by atoms with E-state index in [-0.39, 0.29) is 0 Å². The summed E-state index contributed by atoms with van der Waals surface area (Å²) in [5.41, 5.74) is 0. The smallest absolute Gasteiger partial charge is 0.00130 e. The Labute approximate surface area is 41.6 Å². The van der Waals surface area contributed by atoms with E-state index in [1.54, 1.807) is 0 Å². The Bertz CT molecular complexity index is 26.7. The molecule has 0 bridgehead atoms. The van der Waals surface area contributed by atoms with Gasteiger partial charge in [0.1, 0.15) is 0 Å². The molecule has 6 heavy (non-hydrogen) atoms. The van der Waals surface area contributed by atoms with Gasteiger partial charge in [-0.15, -0.1) is 0 Å². The minimum atomic E-state index is 0.965. The molecule has 1 atom stereocenters. The zero-order chi connectivity index (χ0) is 4.99. The van der Waals surface area contributed by atoms with Gasteiger partial charge in [-0.2, -0.15) is 0 Å². The van der Waals surface area contributed by atoms with Gasteiger partial charge >= 0.3 is 0 Å². The highest BCUT2D eigenvalue weighted by Crippen LogP contribution is 2.05. The van der Waals surface area contributed by atoms with Crippen LogP contribution in [0.1, 0.15) is 6.92 Å². The minimum absolute atomic E-state index is 0.965. The maximum Gasteiger partial charge on any atom is -0.00130 e. The SMILES string of the molecule is CCN(C)PC. The fourth-order valence-corrected chi connectivity index (χ4v) is 0.474. The summed E-state index contributed by atoms with van der Waals surface area (Å²) in [5.74, 6) is 0. The first-order valence-electron chi connectivity index (χ1n) is 2.19. The van der Waals surface area contributed by atoms with Crippen molar-refractivity contribution in [2.75, 3.05) is 20.3 Å². The molecule has 0 aromatic carbocycles. The van der Waals surface area contributed by atoms with Crippen molar-refractivity contribution in [1.29, 1.82) is 0 Å². The molecular weight excluding hydrogens is 93.0 g/mol. The number of rotatable bonds is 2. The first-order chi connectivity index (χ1) is 2.81. The molecule has 2 heteroatoms. The normalized spacial score (nSPS) is 12.0. The molecule has 0 aliphatic rings. The van der Waals surface area contributed by atoms with Gasteiger partial charge in [0, 0.05) is 0 Å². The lowest BCUT2D eigenvalue weighted by Gasteiger charge is -2.07. The lowest BCUT2D eigenvalue weighted by Crippen LogP contribution is -2.03. The molecule has 38 valence electrons. The van der Waals surface area contributed by atoms with Gasteiger partial charge in [-0.05, 0) is 20.3 Å². The molecule has 0 N–H and O–H groups in total. The van der Waals surface area contributed by atoms with Gasteiger partial charge < -0.3 is 0 Å². The van der Waals surface area contributed by atoms with E-state index < -0.39 is 0 Å². The van der Waals surface area contributed by atoms with Crippen LogP contribution >= 0.6 is 8.73 Å². The van der Waals surface area contributed by atoms with E-state index in [0.717, 1.165) is 8.73 Å². The molecule has 1 unspecified atom stereocenters. The molecule has 0 radical (unpaired) electrons. The molecule has 0 aromatic rings. The minimum Gasteiger partial charge on any atom is -0.288 e. The van der Waals surface area contributed by atoms with Crippen molar-refractivity contribution in [2.24, 2.45) is 0 Å². The van der Waals surface area contributed by atoms with E-state index >= 15 is 0 Å². The van der Waals surface area contributed by atoms with Gasteiger partial charge in [-0.25, -0.2) is 0 Å². The monoisotopic (exact) mass is 105 g/mol. The Balaban J connectivity index is 2.75. The highest BCUT2D eigenvalue weighted by Gasteiger charge is 1.81. The van der Waals surface area contributed by atoms with Crippen LogP contribution in [0.15, 0.2) is 0 Å². The zero-order valence-corrected chi connectivity index (χ0v) is 5.65. The second kappa shape index (κ2) is 3.58. The van der Waals surface area contributed by atoms with E-state index in [2.05, 4.69) is 25.3 Å². The van der Waals surface area contributed by atoms with E-state index in [9.17, 15) is 0 Å². The Hall–Kier alpha value is 0.390. The zero-order valence-electron chi connectivity index (χ0n) is 4.65. The molecule has 1 nitrogen and oxygen atoms in total. The Kier molecular flexibility index (Phi) is 3.81.